The molecule has 0 saturated heterocycles. The highest BCUT2D eigenvalue weighted by atomic mass is 16.4. The van der Waals surface area contributed by atoms with Crippen LogP contribution in [0.5, 0.6) is 0 Å². The molecule has 9 nitrogen and oxygen atoms in total. The molecule has 0 fully saturated rings. The second-order valence-electron chi connectivity index (χ2n) is 4.63. The van der Waals surface area contributed by atoms with Crippen molar-refractivity contribution in [3.05, 3.63) is 0 Å². The molecule has 0 aromatic heterocycles. The van der Waals surface area contributed by atoms with Gasteiger partial charge in [0, 0.05) is 0 Å². The van der Waals surface area contributed by atoms with Gasteiger partial charge in [0.05, 0.1) is 13.0 Å². The summed E-state index contributed by atoms with van der Waals surface area (Å²) < 4.78 is 0. The summed E-state index contributed by atoms with van der Waals surface area (Å²) in [5.74, 6) is -4.44. The van der Waals surface area contributed by atoms with E-state index >= 15 is 0 Å². The summed E-state index contributed by atoms with van der Waals surface area (Å²) in [6.07, 6.45) is -0.152. The van der Waals surface area contributed by atoms with Crippen LogP contribution in [0.2, 0.25) is 0 Å². The van der Waals surface area contributed by atoms with E-state index < -0.39 is 48.8 Å². The lowest BCUT2D eigenvalue weighted by Gasteiger charge is -2.23. The van der Waals surface area contributed by atoms with Gasteiger partial charge in [-0.15, -0.1) is 0 Å². The van der Waals surface area contributed by atoms with E-state index in [4.69, 9.17) is 15.9 Å². The zero-order valence-electron chi connectivity index (χ0n) is 12.0. The number of carbonyl (C=O) groups is 4. The Morgan fingerprint density at radius 2 is 1.71 bits per heavy atom. The van der Waals surface area contributed by atoms with E-state index in [9.17, 15) is 19.2 Å². The first-order chi connectivity index (χ1) is 9.72. The Labute approximate surface area is 121 Å². The second-order valence-corrected chi connectivity index (χ2v) is 4.63. The molecule has 3 atom stereocenters. The lowest BCUT2D eigenvalue weighted by atomic mass is 9.98. The molecule has 0 radical (unpaired) electrons. The number of amides is 2. The third-order valence-electron chi connectivity index (χ3n) is 2.99. The summed E-state index contributed by atoms with van der Waals surface area (Å²) in [6, 6.07) is -2.53. The molecule has 21 heavy (non-hydrogen) atoms. The van der Waals surface area contributed by atoms with E-state index in [-0.39, 0.29) is 5.92 Å². The van der Waals surface area contributed by atoms with Gasteiger partial charge in [-0.2, -0.15) is 0 Å². The molecule has 120 valence electrons. The first-order valence-electron chi connectivity index (χ1n) is 6.47. The van der Waals surface area contributed by atoms with Crippen LogP contribution < -0.4 is 16.4 Å². The average molecular weight is 303 g/mol. The molecule has 9 heteroatoms. The van der Waals surface area contributed by atoms with Gasteiger partial charge in [0.1, 0.15) is 12.1 Å². The van der Waals surface area contributed by atoms with E-state index in [2.05, 4.69) is 10.6 Å². The second kappa shape index (κ2) is 8.90. The molecule has 0 aromatic rings. The molecule has 0 aliphatic heterocycles. The predicted molar refractivity (Wildman–Crippen MR) is 72.3 cm³/mol. The molecule has 6 N–H and O–H groups in total. The summed E-state index contributed by atoms with van der Waals surface area (Å²) in [5.41, 5.74) is 5.09. The number of aliphatic carboxylic acids is 2. The topological polar surface area (TPSA) is 159 Å². The molecule has 0 aliphatic rings. The fraction of sp³-hybridized carbons (Fsp3) is 0.667. The van der Waals surface area contributed by atoms with Crippen molar-refractivity contribution in [2.24, 2.45) is 11.7 Å². The Bertz CT molecular complexity index is 412. The van der Waals surface area contributed by atoms with Crippen molar-refractivity contribution in [3.8, 4) is 0 Å². The molecule has 0 saturated carbocycles. The Kier molecular flexibility index (Phi) is 7.99. The van der Waals surface area contributed by atoms with Gasteiger partial charge in [-0.1, -0.05) is 20.3 Å². The number of carboxylic acids is 2. The maximum atomic E-state index is 12.0. The highest BCUT2D eigenvalue weighted by Crippen LogP contribution is 2.08. The number of nitrogens with one attached hydrogen (secondary N) is 2. The predicted octanol–water partition coefficient (Wildman–Crippen LogP) is -1.48. The summed E-state index contributed by atoms with van der Waals surface area (Å²) in [5, 5.41) is 22.2. The lowest BCUT2D eigenvalue weighted by molar-refractivity contribution is -0.144. The number of rotatable bonds is 9. The summed E-state index contributed by atoms with van der Waals surface area (Å²) in [6.45, 7) is 3.00. The van der Waals surface area contributed by atoms with Crippen LogP contribution in [-0.4, -0.2) is 52.6 Å². The van der Waals surface area contributed by atoms with Gasteiger partial charge in [-0.05, 0) is 5.92 Å². The normalized spacial score (nSPS) is 14.6. The van der Waals surface area contributed by atoms with Crippen molar-refractivity contribution in [1.82, 2.24) is 10.6 Å². The first kappa shape index (κ1) is 18.8. The van der Waals surface area contributed by atoms with Crippen molar-refractivity contribution < 1.29 is 29.4 Å². The Morgan fingerprint density at radius 3 is 2.10 bits per heavy atom. The summed E-state index contributed by atoms with van der Waals surface area (Å²) >= 11 is 0. The maximum absolute atomic E-state index is 12.0. The number of hydrogen-bond donors (Lipinski definition) is 5. The highest BCUT2D eigenvalue weighted by Gasteiger charge is 2.30. The largest absolute Gasteiger partial charge is 0.481 e. The molecule has 0 spiro atoms. The molecule has 0 aliphatic carbocycles. The summed E-state index contributed by atoms with van der Waals surface area (Å²) in [4.78, 5) is 45.0. The third-order valence-corrected chi connectivity index (χ3v) is 2.99. The molecule has 0 bridgehead atoms. The van der Waals surface area contributed by atoms with Crippen LogP contribution in [0.1, 0.15) is 26.7 Å². The fourth-order valence-corrected chi connectivity index (χ4v) is 1.57. The van der Waals surface area contributed by atoms with E-state index in [1.165, 1.54) is 0 Å². The minimum atomic E-state index is -1.37. The van der Waals surface area contributed by atoms with Gasteiger partial charge in [0.25, 0.3) is 0 Å². The molecule has 0 heterocycles. The van der Waals surface area contributed by atoms with Gasteiger partial charge in [0.2, 0.25) is 11.8 Å². The Balaban J connectivity index is 4.96. The molecule has 0 unspecified atom stereocenters. The van der Waals surface area contributed by atoms with Crippen molar-refractivity contribution in [3.63, 3.8) is 0 Å². The van der Waals surface area contributed by atoms with Crippen molar-refractivity contribution >= 4 is 23.8 Å². The van der Waals surface area contributed by atoms with E-state index in [0.717, 1.165) is 0 Å². The third kappa shape index (κ3) is 6.70. The van der Waals surface area contributed by atoms with Crippen LogP contribution in [0, 0.1) is 5.92 Å². The van der Waals surface area contributed by atoms with Gasteiger partial charge in [-0.25, -0.2) is 4.79 Å². The van der Waals surface area contributed by atoms with E-state index in [1.54, 1.807) is 13.8 Å². The standard InChI is InChI=1S/C12H21N3O6/c1-3-6(2)10(12(20)21)15-11(19)7(4-9(17)18)14-8(16)5-13/h6-7,10H,3-5,13H2,1-2H3,(H,14,16)(H,15,19)(H,17,18)(H,20,21)/t6-,7-,10-/m0/s1. The summed E-state index contributed by atoms with van der Waals surface area (Å²) in [7, 11) is 0. The highest BCUT2D eigenvalue weighted by molar-refractivity contribution is 5.93. The van der Waals surface area contributed by atoms with Gasteiger partial charge in [0.15, 0.2) is 0 Å². The van der Waals surface area contributed by atoms with Gasteiger partial charge in [-0.3, -0.25) is 14.4 Å². The molecule has 0 rings (SSSR count). The van der Waals surface area contributed by atoms with Crippen LogP contribution >= 0.6 is 0 Å². The Hall–Kier alpha value is -2.16. The van der Waals surface area contributed by atoms with E-state index in [0.29, 0.717) is 6.42 Å². The molecule has 2 amide bonds. The monoisotopic (exact) mass is 303 g/mol. The minimum Gasteiger partial charge on any atom is -0.481 e. The number of carboxylic acid groups (broad SMARTS) is 2. The van der Waals surface area contributed by atoms with Crippen LogP contribution in [0.4, 0.5) is 0 Å². The fourth-order valence-electron chi connectivity index (χ4n) is 1.57. The van der Waals surface area contributed by atoms with Crippen LogP contribution in [0.15, 0.2) is 0 Å². The van der Waals surface area contributed by atoms with Crippen LogP contribution in [0.25, 0.3) is 0 Å². The lowest BCUT2D eigenvalue weighted by Crippen LogP contribution is -2.54. The zero-order valence-corrected chi connectivity index (χ0v) is 12.0. The average Bonchev–Trinajstić information content (AvgIpc) is 2.41. The quantitative estimate of drug-likeness (QED) is 0.347. The SMILES string of the molecule is CC[C@H](C)[C@H](NC(=O)[C@H](CC(=O)O)NC(=O)CN)C(=O)O. The smallest absolute Gasteiger partial charge is 0.326 e. The Morgan fingerprint density at radius 1 is 1.14 bits per heavy atom. The maximum Gasteiger partial charge on any atom is 0.326 e. The minimum absolute atomic E-state index is 0.345. The van der Waals surface area contributed by atoms with Crippen molar-refractivity contribution in [2.45, 2.75) is 38.8 Å². The van der Waals surface area contributed by atoms with Gasteiger partial charge < -0.3 is 26.6 Å². The zero-order chi connectivity index (χ0) is 16.6. The van der Waals surface area contributed by atoms with Gasteiger partial charge >= 0.3 is 11.9 Å². The van der Waals surface area contributed by atoms with E-state index in [1.807, 2.05) is 0 Å². The van der Waals surface area contributed by atoms with Crippen LogP contribution in [0.3, 0.4) is 0 Å². The molecule has 0 aromatic carbocycles. The van der Waals surface area contributed by atoms with Crippen molar-refractivity contribution in [2.75, 3.05) is 6.54 Å². The number of nitrogens with two attached hydrogens (primary N) is 1. The molecular formula is C12H21N3O6. The molecular weight excluding hydrogens is 282 g/mol. The number of hydrogen-bond acceptors (Lipinski definition) is 5. The first-order valence-corrected chi connectivity index (χ1v) is 6.47. The number of carbonyl (C=O) groups excluding carboxylic acids is 2. The van der Waals surface area contributed by atoms with Crippen LogP contribution in [-0.2, 0) is 19.2 Å². The van der Waals surface area contributed by atoms with Crippen molar-refractivity contribution in [1.29, 1.82) is 0 Å².